The molecule has 1 atom stereocenters. The number of aromatic nitrogens is 1. The van der Waals surface area contributed by atoms with Gasteiger partial charge in [0.2, 0.25) is 0 Å². The maximum absolute atomic E-state index is 9.47. The molecule has 0 bridgehead atoms. The maximum Gasteiger partial charge on any atom is 0.124 e. The summed E-state index contributed by atoms with van der Waals surface area (Å²) in [7, 11) is 1.62. The van der Waals surface area contributed by atoms with E-state index >= 15 is 0 Å². The first-order valence-corrected chi connectivity index (χ1v) is 9.48. The van der Waals surface area contributed by atoms with Gasteiger partial charge in [0.05, 0.1) is 19.8 Å². The molecular weight excluding hydrogens is 340 g/mol. The van der Waals surface area contributed by atoms with Crippen LogP contribution in [0.25, 0.3) is 0 Å². The fraction of sp³-hybridized carbons (Fsp3) is 0.278. The van der Waals surface area contributed by atoms with E-state index < -0.39 is 0 Å². The van der Waals surface area contributed by atoms with Crippen molar-refractivity contribution in [2.24, 2.45) is 0 Å². The molecule has 0 saturated carbocycles. The Bertz CT molecular complexity index is 742. The molecule has 1 aromatic carbocycles. The lowest BCUT2D eigenvalue weighted by Crippen LogP contribution is -2.22. The van der Waals surface area contributed by atoms with Crippen molar-refractivity contribution in [3.63, 3.8) is 0 Å². The topological polar surface area (TPSA) is 54.4 Å². The van der Waals surface area contributed by atoms with Gasteiger partial charge in [-0.25, -0.2) is 4.98 Å². The monoisotopic (exact) mass is 360 g/mol. The smallest absolute Gasteiger partial charge is 0.124 e. The van der Waals surface area contributed by atoms with Gasteiger partial charge in [0, 0.05) is 35.0 Å². The second kappa shape index (κ2) is 8.39. The minimum Gasteiger partial charge on any atom is -0.496 e. The van der Waals surface area contributed by atoms with Gasteiger partial charge in [-0.3, -0.25) is 0 Å². The molecule has 4 nitrogen and oxygen atoms in total. The SMILES string of the molecule is COc1ccc(CN[C@@H](Cc2cccs2)c2nccs2)cc1CO. The van der Waals surface area contributed by atoms with Gasteiger partial charge in [-0.15, -0.1) is 22.7 Å². The molecule has 126 valence electrons. The van der Waals surface area contributed by atoms with E-state index in [1.807, 2.05) is 29.8 Å². The summed E-state index contributed by atoms with van der Waals surface area (Å²) < 4.78 is 5.26. The van der Waals surface area contributed by atoms with Crippen LogP contribution in [0.15, 0.2) is 47.3 Å². The zero-order valence-electron chi connectivity index (χ0n) is 13.4. The van der Waals surface area contributed by atoms with E-state index in [1.165, 1.54) is 4.88 Å². The highest BCUT2D eigenvalue weighted by atomic mass is 32.1. The van der Waals surface area contributed by atoms with E-state index in [2.05, 4.69) is 27.8 Å². The van der Waals surface area contributed by atoms with Crippen molar-refractivity contribution in [3.8, 4) is 5.75 Å². The predicted molar refractivity (Wildman–Crippen MR) is 98.6 cm³/mol. The average molecular weight is 361 g/mol. The molecule has 0 aliphatic carbocycles. The summed E-state index contributed by atoms with van der Waals surface area (Å²) in [6.45, 7) is 0.689. The van der Waals surface area contributed by atoms with Gasteiger partial charge in [-0.1, -0.05) is 12.1 Å². The van der Waals surface area contributed by atoms with E-state index in [0.29, 0.717) is 6.54 Å². The third-order valence-electron chi connectivity index (χ3n) is 3.80. The number of thiazole rings is 1. The van der Waals surface area contributed by atoms with Crippen molar-refractivity contribution in [2.75, 3.05) is 7.11 Å². The Labute approximate surface area is 149 Å². The largest absolute Gasteiger partial charge is 0.496 e. The van der Waals surface area contributed by atoms with E-state index in [9.17, 15) is 5.11 Å². The van der Waals surface area contributed by atoms with E-state index in [0.717, 1.165) is 28.3 Å². The Morgan fingerprint density at radius 2 is 2.17 bits per heavy atom. The molecule has 0 unspecified atom stereocenters. The molecule has 6 heteroatoms. The van der Waals surface area contributed by atoms with Gasteiger partial charge < -0.3 is 15.2 Å². The number of hydrogen-bond donors (Lipinski definition) is 2. The summed E-state index contributed by atoms with van der Waals surface area (Å²) in [6.07, 6.45) is 2.77. The summed E-state index contributed by atoms with van der Waals surface area (Å²) in [6, 6.07) is 10.3. The number of benzene rings is 1. The van der Waals surface area contributed by atoms with Crippen molar-refractivity contribution in [3.05, 3.63) is 68.3 Å². The van der Waals surface area contributed by atoms with Crippen molar-refractivity contribution < 1.29 is 9.84 Å². The quantitative estimate of drug-likeness (QED) is 0.642. The molecule has 0 aliphatic rings. The van der Waals surface area contributed by atoms with Crippen molar-refractivity contribution in [1.82, 2.24) is 10.3 Å². The molecule has 0 radical (unpaired) electrons. The van der Waals surface area contributed by atoms with Crippen molar-refractivity contribution in [2.45, 2.75) is 25.6 Å². The number of hydrogen-bond acceptors (Lipinski definition) is 6. The number of methoxy groups -OCH3 is 1. The molecule has 3 rings (SSSR count). The summed E-state index contributed by atoms with van der Waals surface area (Å²) >= 11 is 3.44. The lowest BCUT2D eigenvalue weighted by molar-refractivity contribution is 0.273. The zero-order chi connectivity index (χ0) is 16.8. The second-order valence-electron chi connectivity index (χ2n) is 5.39. The molecule has 24 heavy (non-hydrogen) atoms. The third kappa shape index (κ3) is 4.21. The fourth-order valence-electron chi connectivity index (χ4n) is 2.59. The predicted octanol–water partition coefficient (Wildman–Crippen LogP) is 3.78. The highest BCUT2D eigenvalue weighted by Crippen LogP contribution is 2.24. The first kappa shape index (κ1) is 17.1. The molecule has 3 aromatic rings. The van der Waals surface area contributed by atoms with Crippen LogP contribution in [0.1, 0.15) is 27.1 Å². The van der Waals surface area contributed by atoms with E-state index in [-0.39, 0.29) is 12.6 Å². The fourth-order valence-corrected chi connectivity index (χ4v) is 4.06. The Kier molecular flexibility index (Phi) is 5.98. The highest BCUT2D eigenvalue weighted by molar-refractivity contribution is 7.10. The Morgan fingerprint density at radius 1 is 1.25 bits per heavy atom. The summed E-state index contributed by atoms with van der Waals surface area (Å²) in [5.41, 5.74) is 1.92. The lowest BCUT2D eigenvalue weighted by atomic mass is 10.1. The normalized spacial score (nSPS) is 12.2. The van der Waals surface area contributed by atoms with Crippen LogP contribution in [0.4, 0.5) is 0 Å². The Balaban J connectivity index is 1.71. The summed E-state index contributed by atoms with van der Waals surface area (Å²) in [5.74, 6) is 0.719. The number of aliphatic hydroxyl groups excluding tert-OH is 1. The first-order chi connectivity index (χ1) is 11.8. The van der Waals surface area contributed by atoms with Crippen LogP contribution in [0.2, 0.25) is 0 Å². The molecule has 0 amide bonds. The highest BCUT2D eigenvalue weighted by Gasteiger charge is 2.15. The lowest BCUT2D eigenvalue weighted by Gasteiger charge is -2.17. The van der Waals surface area contributed by atoms with Crippen LogP contribution >= 0.6 is 22.7 Å². The van der Waals surface area contributed by atoms with Crippen molar-refractivity contribution >= 4 is 22.7 Å². The third-order valence-corrected chi connectivity index (χ3v) is 5.59. The van der Waals surface area contributed by atoms with Gasteiger partial charge in [-0.2, -0.15) is 0 Å². The van der Waals surface area contributed by atoms with Crippen LogP contribution < -0.4 is 10.1 Å². The Hall–Kier alpha value is -1.73. The van der Waals surface area contributed by atoms with Crippen LogP contribution in [0.5, 0.6) is 5.75 Å². The van der Waals surface area contributed by atoms with Crippen molar-refractivity contribution in [1.29, 1.82) is 0 Å². The second-order valence-corrected chi connectivity index (χ2v) is 7.35. The molecule has 0 aliphatic heterocycles. The number of nitrogens with one attached hydrogen (secondary N) is 1. The van der Waals surface area contributed by atoms with Gasteiger partial charge >= 0.3 is 0 Å². The van der Waals surface area contributed by atoms with Gasteiger partial charge in [0.1, 0.15) is 10.8 Å². The standard InChI is InChI=1S/C18H20N2O2S2/c1-22-17-5-4-13(9-14(17)12-21)11-20-16(18-19-6-8-24-18)10-15-3-2-7-23-15/h2-9,16,20-21H,10-12H2,1H3/t16-/m0/s1. The average Bonchev–Trinajstić information content (AvgIpc) is 3.31. The molecular formula is C18H20N2O2S2. The number of nitrogens with zero attached hydrogens (tertiary/aromatic N) is 1. The summed E-state index contributed by atoms with van der Waals surface area (Å²) in [5, 5.41) is 18.3. The van der Waals surface area contributed by atoms with E-state index in [1.54, 1.807) is 29.8 Å². The number of aliphatic hydroxyl groups is 1. The van der Waals surface area contributed by atoms with Crippen LogP contribution in [0, 0.1) is 0 Å². The zero-order valence-corrected chi connectivity index (χ0v) is 15.1. The molecule has 2 aromatic heterocycles. The van der Waals surface area contributed by atoms with Crippen LogP contribution in [0.3, 0.4) is 0 Å². The molecule has 0 fully saturated rings. The summed E-state index contributed by atoms with van der Waals surface area (Å²) in [4.78, 5) is 5.81. The van der Waals surface area contributed by atoms with Crippen LogP contribution in [-0.4, -0.2) is 17.2 Å². The first-order valence-electron chi connectivity index (χ1n) is 7.72. The minimum absolute atomic E-state index is 0.0257. The minimum atomic E-state index is -0.0257. The van der Waals surface area contributed by atoms with Gasteiger partial charge in [-0.05, 0) is 29.1 Å². The van der Waals surface area contributed by atoms with E-state index in [4.69, 9.17) is 4.74 Å². The van der Waals surface area contributed by atoms with Gasteiger partial charge in [0.15, 0.2) is 0 Å². The maximum atomic E-state index is 9.47. The molecule has 2 N–H and O–H groups in total. The molecule has 0 spiro atoms. The molecule has 2 heterocycles. The number of rotatable bonds is 8. The Morgan fingerprint density at radius 3 is 2.83 bits per heavy atom. The molecule has 0 saturated heterocycles. The number of ether oxygens (including phenoxy) is 1. The van der Waals surface area contributed by atoms with Crippen LogP contribution in [-0.2, 0) is 19.6 Å². The van der Waals surface area contributed by atoms with Gasteiger partial charge in [0.25, 0.3) is 0 Å². The number of thiophene rings is 1.